The predicted octanol–water partition coefficient (Wildman–Crippen LogP) is 4.54. The standard InChI is InChI=1S/C34H40BrN3O5Si/c1-22-32(44(3,4)27-12-10-26(42-2)11-13-27)30(15-18-39)43-34(22)28-19-24(35)7-14-29(28)38(33(34)41)21-23-5-8-25(9-6-23)37-17-16-36-20-31(37)40/h5-14,19,22,30,32,36,39H,15-18,20-21H2,1-4H3/t22-,30+,32-,34+/m1/s1. The summed E-state index contributed by atoms with van der Waals surface area (Å²) < 4.78 is 13.3. The molecule has 6 rings (SSSR count). The molecule has 3 aliphatic heterocycles. The van der Waals surface area contributed by atoms with Crippen LogP contribution in [0.4, 0.5) is 11.4 Å². The number of aliphatic hydroxyl groups is 1. The van der Waals surface area contributed by atoms with Crippen LogP contribution in [0.2, 0.25) is 18.6 Å². The van der Waals surface area contributed by atoms with Crippen molar-refractivity contribution in [2.24, 2.45) is 5.92 Å². The molecule has 4 atom stereocenters. The molecule has 3 heterocycles. The Morgan fingerprint density at radius 1 is 1.09 bits per heavy atom. The van der Waals surface area contributed by atoms with Gasteiger partial charge in [-0.2, -0.15) is 0 Å². The Morgan fingerprint density at radius 3 is 2.48 bits per heavy atom. The summed E-state index contributed by atoms with van der Waals surface area (Å²) in [6.45, 7) is 8.95. The Morgan fingerprint density at radius 2 is 1.82 bits per heavy atom. The van der Waals surface area contributed by atoms with E-state index in [1.807, 2.05) is 59.5 Å². The third-order valence-electron chi connectivity index (χ3n) is 9.89. The normalized spacial score (nSPS) is 25.2. The van der Waals surface area contributed by atoms with Crippen LogP contribution in [0.1, 0.15) is 24.5 Å². The van der Waals surface area contributed by atoms with Gasteiger partial charge in [0.15, 0.2) is 5.60 Å². The molecule has 3 aliphatic rings. The monoisotopic (exact) mass is 677 g/mol. The van der Waals surface area contributed by atoms with E-state index in [0.29, 0.717) is 26.1 Å². The summed E-state index contributed by atoms with van der Waals surface area (Å²) in [5.41, 5.74) is 2.47. The number of nitrogens with zero attached hydrogens (tertiary/aromatic N) is 2. The average molecular weight is 679 g/mol. The van der Waals surface area contributed by atoms with E-state index in [1.165, 1.54) is 5.19 Å². The topological polar surface area (TPSA) is 91.3 Å². The maximum atomic E-state index is 14.8. The average Bonchev–Trinajstić information content (AvgIpc) is 3.44. The van der Waals surface area contributed by atoms with E-state index in [9.17, 15) is 14.7 Å². The molecule has 3 aromatic carbocycles. The number of methoxy groups -OCH3 is 1. The summed E-state index contributed by atoms with van der Waals surface area (Å²) in [4.78, 5) is 30.8. The number of fused-ring (bicyclic) bond motifs is 2. The van der Waals surface area contributed by atoms with Gasteiger partial charge in [0.1, 0.15) is 5.75 Å². The van der Waals surface area contributed by atoms with Crippen LogP contribution in [-0.2, 0) is 26.5 Å². The molecule has 0 saturated carbocycles. The van der Waals surface area contributed by atoms with Gasteiger partial charge < -0.3 is 29.7 Å². The minimum atomic E-state index is -2.24. The molecule has 10 heteroatoms. The molecular weight excluding hydrogens is 638 g/mol. The maximum absolute atomic E-state index is 14.8. The van der Waals surface area contributed by atoms with Crippen molar-refractivity contribution in [2.45, 2.75) is 50.2 Å². The van der Waals surface area contributed by atoms with Crippen LogP contribution < -0.4 is 25.0 Å². The van der Waals surface area contributed by atoms with Gasteiger partial charge in [-0.1, -0.05) is 65.4 Å². The molecule has 44 heavy (non-hydrogen) atoms. The second-order valence-electron chi connectivity index (χ2n) is 12.6. The van der Waals surface area contributed by atoms with E-state index in [2.05, 4.69) is 53.4 Å². The van der Waals surface area contributed by atoms with Gasteiger partial charge in [-0.05, 0) is 60.0 Å². The highest BCUT2D eigenvalue weighted by atomic mass is 79.9. The Kier molecular flexibility index (Phi) is 8.49. The highest BCUT2D eigenvalue weighted by molar-refractivity contribution is 9.10. The minimum absolute atomic E-state index is 0.0117. The highest BCUT2D eigenvalue weighted by Gasteiger charge is 2.66. The lowest BCUT2D eigenvalue weighted by Gasteiger charge is -2.37. The molecule has 0 bridgehead atoms. The number of nitrogens with one attached hydrogen (secondary N) is 1. The number of hydrogen-bond acceptors (Lipinski definition) is 6. The number of carbonyl (C=O) groups excluding carboxylic acids is 2. The number of halogens is 1. The quantitative estimate of drug-likeness (QED) is 0.341. The van der Waals surface area contributed by atoms with E-state index < -0.39 is 13.7 Å². The zero-order chi connectivity index (χ0) is 31.2. The molecule has 2 N–H and O–H groups in total. The third kappa shape index (κ3) is 5.10. The van der Waals surface area contributed by atoms with Crippen molar-refractivity contribution >= 4 is 52.4 Å². The molecular formula is C34H40BrN3O5Si. The second-order valence-corrected chi connectivity index (χ2v) is 18.2. The summed E-state index contributed by atoms with van der Waals surface area (Å²) in [6.07, 6.45) is 0.192. The van der Waals surface area contributed by atoms with Gasteiger partial charge in [0.2, 0.25) is 5.91 Å². The van der Waals surface area contributed by atoms with E-state index >= 15 is 0 Å². The van der Waals surface area contributed by atoms with E-state index in [1.54, 1.807) is 12.0 Å². The van der Waals surface area contributed by atoms with Gasteiger partial charge >= 0.3 is 0 Å². The zero-order valence-electron chi connectivity index (χ0n) is 25.7. The van der Waals surface area contributed by atoms with E-state index in [4.69, 9.17) is 9.47 Å². The number of aliphatic hydroxyl groups excluding tert-OH is 1. The molecule has 8 nitrogen and oxygen atoms in total. The largest absolute Gasteiger partial charge is 0.497 e. The molecule has 0 radical (unpaired) electrons. The summed E-state index contributed by atoms with van der Waals surface area (Å²) in [6, 6.07) is 22.2. The number of amides is 2. The van der Waals surface area contributed by atoms with Crippen LogP contribution in [0.25, 0.3) is 0 Å². The lowest BCUT2D eigenvalue weighted by atomic mass is 9.82. The van der Waals surface area contributed by atoms with Crippen LogP contribution in [0.5, 0.6) is 5.75 Å². The van der Waals surface area contributed by atoms with Gasteiger partial charge in [-0.3, -0.25) is 9.59 Å². The van der Waals surface area contributed by atoms with Crippen LogP contribution in [0.3, 0.4) is 0 Å². The minimum Gasteiger partial charge on any atom is -0.497 e. The molecule has 0 aliphatic carbocycles. The van der Waals surface area contributed by atoms with Crippen molar-refractivity contribution in [1.82, 2.24) is 5.32 Å². The van der Waals surface area contributed by atoms with Crippen LogP contribution in [0, 0.1) is 5.92 Å². The van der Waals surface area contributed by atoms with Crippen LogP contribution in [0.15, 0.2) is 71.2 Å². The Bertz CT molecular complexity index is 1550. The number of hydrogen-bond donors (Lipinski definition) is 2. The first-order valence-corrected chi connectivity index (χ1v) is 19.1. The fourth-order valence-electron chi connectivity index (χ4n) is 7.68. The van der Waals surface area contributed by atoms with E-state index in [-0.39, 0.29) is 36.0 Å². The molecule has 232 valence electrons. The molecule has 3 aromatic rings. The van der Waals surface area contributed by atoms with Crippen molar-refractivity contribution in [3.05, 3.63) is 82.3 Å². The first kappa shape index (κ1) is 31.0. The van der Waals surface area contributed by atoms with Crippen LogP contribution in [-0.4, -0.2) is 64.4 Å². The molecule has 1 spiro atoms. The lowest BCUT2D eigenvalue weighted by Crippen LogP contribution is -2.51. The zero-order valence-corrected chi connectivity index (χ0v) is 28.3. The van der Waals surface area contributed by atoms with Gasteiger partial charge in [-0.15, -0.1) is 0 Å². The lowest BCUT2D eigenvalue weighted by molar-refractivity contribution is -0.146. The number of carbonyl (C=O) groups is 2. The van der Waals surface area contributed by atoms with Crippen molar-refractivity contribution in [1.29, 1.82) is 0 Å². The number of piperazine rings is 1. The number of ether oxygens (including phenoxy) is 2. The van der Waals surface area contributed by atoms with Gasteiger partial charge in [0, 0.05) is 41.3 Å². The number of anilines is 2. The third-order valence-corrected chi connectivity index (χ3v) is 14.7. The van der Waals surface area contributed by atoms with Crippen molar-refractivity contribution < 1.29 is 24.2 Å². The first-order chi connectivity index (χ1) is 21.1. The van der Waals surface area contributed by atoms with Crippen LogP contribution >= 0.6 is 15.9 Å². The van der Waals surface area contributed by atoms with Crippen molar-refractivity contribution in [2.75, 3.05) is 43.2 Å². The number of benzene rings is 3. The first-order valence-electron chi connectivity index (χ1n) is 15.3. The van der Waals surface area contributed by atoms with Crippen molar-refractivity contribution in [3.63, 3.8) is 0 Å². The summed E-state index contributed by atoms with van der Waals surface area (Å²) in [5, 5.41) is 14.5. The van der Waals surface area contributed by atoms with Gasteiger partial charge in [0.25, 0.3) is 5.91 Å². The molecule has 2 amide bonds. The fraction of sp³-hybridized carbons (Fsp3) is 0.412. The molecule has 2 saturated heterocycles. The van der Waals surface area contributed by atoms with Gasteiger partial charge in [0.05, 0.1) is 40.1 Å². The predicted molar refractivity (Wildman–Crippen MR) is 178 cm³/mol. The molecule has 0 unspecified atom stereocenters. The number of rotatable bonds is 8. The Balaban J connectivity index is 1.35. The highest BCUT2D eigenvalue weighted by Crippen LogP contribution is 2.60. The SMILES string of the molecule is COc1ccc([Si](C)(C)[C@H]2[C@H](CCO)O[C@@]3(C(=O)N(Cc4ccc(N5CCNCC5=O)cc4)c4ccc(Br)cc43)[C@@H]2C)cc1. The molecule has 0 aromatic heterocycles. The Hall–Kier alpha value is -3.02. The van der Waals surface area contributed by atoms with E-state index in [0.717, 1.165) is 39.3 Å². The van der Waals surface area contributed by atoms with Crippen molar-refractivity contribution in [3.8, 4) is 5.75 Å². The summed E-state index contributed by atoms with van der Waals surface area (Å²) >= 11 is 3.66. The smallest absolute Gasteiger partial charge is 0.264 e. The Labute approximate surface area is 268 Å². The maximum Gasteiger partial charge on any atom is 0.264 e. The summed E-state index contributed by atoms with van der Waals surface area (Å²) in [7, 11) is -0.572. The summed E-state index contributed by atoms with van der Waals surface area (Å²) in [5.74, 6) is 0.671. The molecule has 2 fully saturated rings. The van der Waals surface area contributed by atoms with Gasteiger partial charge in [-0.25, -0.2) is 0 Å². The second kappa shape index (κ2) is 12.1. The fourth-order valence-corrected chi connectivity index (χ4v) is 12.1.